The first-order valence-corrected chi connectivity index (χ1v) is 10.4. The van der Waals surface area contributed by atoms with Crippen molar-refractivity contribution in [2.75, 3.05) is 23.9 Å². The lowest BCUT2D eigenvalue weighted by Gasteiger charge is -2.23. The van der Waals surface area contributed by atoms with Gasteiger partial charge in [-0.3, -0.25) is 4.79 Å². The Labute approximate surface area is 154 Å². The third kappa shape index (κ3) is 4.22. The van der Waals surface area contributed by atoms with Crippen LogP contribution in [0.3, 0.4) is 0 Å². The number of rotatable bonds is 5. The molecule has 1 saturated heterocycles. The molecule has 2 aromatic rings. The van der Waals surface area contributed by atoms with E-state index in [4.69, 9.17) is 0 Å². The minimum Gasteiger partial charge on any atom is -0.366 e. The molecule has 1 atom stereocenters. The molecule has 1 unspecified atom stereocenters. The third-order valence-corrected chi connectivity index (χ3v) is 6.55. The number of hydrogen-bond acceptors (Lipinski definition) is 5. The van der Waals surface area contributed by atoms with Crippen LogP contribution >= 0.6 is 0 Å². The van der Waals surface area contributed by atoms with Crippen molar-refractivity contribution in [3.63, 3.8) is 0 Å². The molecule has 3 rings (SSSR count). The quantitative estimate of drug-likeness (QED) is 0.870. The van der Waals surface area contributed by atoms with Crippen molar-refractivity contribution in [2.24, 2.45) is 0 Å². The molecule has 1 aliphatic rings. The topological polar surface area (TPSA) is 79.4 Å². The maximum absolute atomic E-state index is 12.7. The average Bonchev–Trinajstić information content (AvgIpc) is 3.00. The van der Waals surface area contributed by atoms with Gasteiger partial charge in [0.1, 0.15) is 5.82 Å². The monoisotopic (exact) mass is 373 g/mol. The molecule has 1 aromatic carbocycles. The first kappa shape index (κ1) is 18.4. The molecule has 1 fully saturated rings. The van der Waals surface area contributed by atoms with Gasteiger partial charge in [0.2, 0.25) is 0 Å². The van der Waals surface area contributed by atoms with Gasteiger partial charge in [0.15, 0.2) is 9.84 Å². The molecule has 0 spiro atoms. The summed E-state index contributed by atoms with van der Waals surface area (Å²) in [5.41, 5.74) is 2.85. The average molecular weight is 373 g/mol. The van der Waals surface area contributed by atoms with Crippen LogP contribution in [0.5, 0.6) is 0 Å². The fraction of sp³-hybridized carbons (Fsp3) is 0.368. The molecule has 1 aliphatic heterocycles. The Bertz CT molecular complexity index is 912. The number of anilines is 1. The third-order valence-electron chi connectivity index (χ3n) is 4.80. The van der Waals surface area contributed by atoms with Crippen LogP contribution < -0.4 is 5.32 Å². The number of carbonyl (C=O) groups excluding carboxylic acids is 1. The Hall–Kier alpha value is -2.41. The van der Waals surface area contributed by atoms with Gasteiger partial charge in [-0.1, -0.05) is 24.3 Å². The zero-order chi connectivity index (χ0) is 18.7. The van der Waals surface area contributed by atoms with Gasteiger partial charge in [-0.15, -0.1) is 0 Å². The molecule has 1 aromatic heterocycles. The highest BCUT2D eigenvalue weighted by molar-refractivity contribution is 7.91. The van der Waals surface area contributed by atoms with Crippen molar-refractivity contribution in [1.82, 2.24) is 9.88 Å². The van der Waals surface area contributed by atoms with Crippen molar-refractivity contribution < 1.29 is 13.2 Å². The van der Waals surface area contributed by atoms with Gasteiger partial charge >= 0.3 is 0 Å². The lowest BCUT2D eigenvalue weighted by molar-refractivity contribution is 0.0747. The summed E-state index contributed by atoms with van der Waals surface area (Å²) in [7, 11) is -1.36. The number of amides is 1. The molecule has 7 heteroatoms. The van der Waals surface area contributed by atoms with E-state index in [1.165, 1.54) is 16.0 Å². The van der Waals surface area contributed by atoms with Gasteiger partial charge in [-0.25, -0.2) is 13.4 Å². The van der Waals surface area contributed by atoms with Crippen LogP contribution in [0.2, 0.25) is 0 Å². The maximum Gasteiger partial charge on any atom is 0.254 e. The smallest absolute Gasteiger partial charge is 0.254 e. The highest BCUT2D eigenvalue weighted by Crippen LogP contribution is 2.19. The number of aromatic nitrogens is 1. The zero-order valence-corrected chi connectivity index (χ0v) is 15.8. The Morgan fingerprint density at radius 3 is 2.77 bits per heavy atom. The molecular weight excluding hydrogens is 350 g/mol. The predicted molar refractivity (Wildman–Crippen MR) is 102 cm³/mol. The number of nitrogens with one attached hydrogen (secondary N) is 1. The largest absolute Gasteiger partial charge is 0.366 e. The van der Waals surface area contributed by atoms with E-state index in [1.807, 2.05) is 18.2 Å². The maximum atomic E-state index is 12.7. The van der Waals surface area contributed by atoms with Crippen molar-refractivity contribution >= 4 is 21.6 Å². The standard InChI is InChI=1S/C19H23N3O3S/c1-14-5-3-4-6-16(14)12-21-18-11-15(7-9-20-18)19(23)22(2)17-8-10-26(24,25)13-17/h3-7,9,11,17H,8,10,12-13H2,1-2H3,(H,20,21). The van der Waals surface area contributed by atoms with E-state index < -0.39 is 9.84 Å². The van der Waals surface area contributed by atoms with E-state index in [9.17, 15) is 13.2 Å². The first-order valence-electron chi connectivity index (χ1n) is 8.58. The Morgan fingerprint density at radius 1 is 1.31 bits per heavy atom. The molecule has 0 radical (unpaired) electrons. The van der Waals surface area contributed by atoms with Crippen LogP contribution in [0.15, 0.2) is 42.6 Å². The summed E-state index contributed by atoms with van der Waals surface area (Å²) >= 11 is 0. The molecule has 1 amide bonds. The second-order valence-corrected chi connectivity index (χ2v) is 8.91. The number of sulfone groups is 1. The molecular formula is C19H23N3O3S. The van der Waals surface area contributed by atoms with Crippen molar-refractivity contribution in [1.29, 1.82) is 0 Å². The van der Waals surface area contributed by atoms with E-state index in [-0.39, 0.29) is 23.5 Å². The summed E-state index contributed by atoms with van der Waals surface area (Å²) in [4.78, 5) is 18.5. The van der Waals surface area contributed by atoms with Crippen LogP contribution in [0, 0.1) is 6.92 Å². The Balaban J connectivity index is 1.68. The number of carbonyl (C=O) groups is 1. The fourth-order valence-electron chi connectivity index (χ4n) is 3.10. The van der Waals surface area contributed by atoms with Crippen LogP contribution in [0.25, 0.3) is 0 Å². The second-order valence-electron chi connectivity index (χ2n) is 6.68. The highest BCUT2D eigenvalue weighted by Gasteiger charge is 2.33. The van der Waals surface area contributed by atoms with Gasteiger partial charge in [0, 0.05) is 31.4 Å². The number of hydrogen-bond donors (Lipinski definition) is 1. The zero-order valence-electron chi connectivity index (χ0n) is 15.0. The SMILES string of the molecule is Cc1ccccc1CNc1cc(C(=O)N(C)C2CCS(=O)(=O)C2)ccn1. The van der Waals surface area contributed by atoms with Crippen LogP contribution in [-0.4, -0.2) is 48.8 Å². The summed E-state index contributed by atoms with van der Waals surface area (Å²) in [6.07, 6.45) is 2.08. The minimum absolute atomic E-state index is 0.0404. The van der Waals surface area contributed by atoms with Crippen LogP contribution in [0.4, 0.5) is 5.82 Å². The predicted octanol–water partition coefficient (Wildman–Crippen LogP) is 2.26. The summed E-state index contributed by atoms with van der Waals surface area (Å²) in [5.74, 6) is 0.619. The van der Waals surface area contributed by atoms with Crippen LogP contribution in [0.1, 0.15) is 27.9 Å². The van der Waals surface area contributed by atoms with E-state index in [1.54, 1.807) is 25.4 Å². The Morgan fingerprint density at radius 2 is 2.08 bits per heavy atom. The normalized spacial score (nSPS) is 18.5. The minimum atomic E-state index is -3.03. The summed E-state index contributed by atoms with van der Waals surface area (Å²) in [5, 5.41) is 3.24. The number of aryl methyl sites for hydroxylation is 1. The number of benzene rings is 1. The molecule has 0 saturated carbocycles. The summed E-state index contributed by atoms with van der Waals surface area (Å²) in [6.45, 7) is 2.67. The van der Waals surface area contributed by atoms with Gasteiger partial charge in [-0.2, -0.15) is 0 Å². The van der Waals surface area contributed by atoms with E-state index >= 15 is 0 Å². The molecule has 0 aliphatic carbocycles. The Kier molecular flexibility index (Phi) is 5.27. The molecule has 6 nitrogen and oxygen atoms in total. The van der Waals surface area contributed by atoms with Crippen molar-refractivity contribution in [3.8, 4) is 0 Å². The van der Waals surface area contributed by atoms with Gasteiger partial charge in [0.05, 0.1) is 11.5 Å². The van der Waals surface area contributed by atoms with Gasteiger partial charge in [-0.05, 0) is 36.6 Å². The van der Waals surface area contributed by atoms with E-state index in [2.05, 4.69) is 23.3 Å². The molecule has 26 heavy (non-hydrogen) atoms. The number of nitrogens with zero attached hydrogens (tertiary/aromatic N) is 2. The lowest BCUT2D eigenvalue weighted by Crippen LogP contribution is -2.37. The molecule has 1 N–H and O–H groups in total. The van der Waals surface area contributed by atoms with E-state index in [0.29, 0.717) is 24.3 Å². The second kappa shape index (κ2) is 7.45. The highest BCUT2D eigenvalue weighted by atomic mass is 32.2. The van der Waals surface area contributed by atoms with Crippen LogP contribution in [-0.2, 0) is 16.4 Å². The molecule has 0 bridgehead atoms. The fourth-order valence-corrected chi connectivity index (χ4v) is 4.88. The summed E-state index contributed by atoms with van der Waals surface area (Å²) in [6, 6.07) is 11.2. The molecule has 138 valence electrons. The lowest BCUT2D eigenvalue weighted by atomic mass is 10.1. The van der Waals surface area contributed by atoms with Gasteiger partial charge in [0.25, 0.3) is 5.91 Å². The summed E-state index contributed by atoms with van der Waals surface area (Å²) < 4.78 is 23.3. The van der Waals surface area contributed by atoms with Crippen molar-refractivity contribution in [3.05, 3.63) is 59.3 Å². The number of pyridine rings is 1. The van der Waals surface area contributed by atoms with Crippen molar-refractivity contribution in [2.45, 2.75) is 25.9 Å². The molecule has 2 heterocycles. The van der Waals surface area contributed by atoms with E-state index in [0.717, 1.165) is 0 Å². The first-order chi connectivity index (χ1) is 12.4. The van der Waals surface area contributed by atoms with Gasteiger partial charge < -0.3 is 10.2 Å².